The quantitative estimate of drug-likeness (QED) is 0.555. The molecule has 1 N–H and O–H groups in total. The summed E-state index contributed by atoms with van der Waals surface area (Å²) in [7, 11) is 0. The molecule has 67 valence electrons. The first-order valence-corrected chi connectivity index (χ1v) is 3.21. The molecule has 0 aliphatic rings. The fraction of sp³-hybridized carbons (Fsp3) is 0.429. The number of Topliss-reactive ketones (excluding diaryl/α,β-unsaturated/α-hetero) is 1. The van der Waals surface area contributed by atoms with Crippen molar-refractivity contribution in [2.75, 3.05) is 6.61 Å². The van der Waals surface area contributed by atoms with Gasteiger partial charge in [0.2, 0.25) is 0 Å². The van der Waals surface area contributed by atoms with Crippen LogP contribution in [0.5, 0.6) is 0 Å². The number of ether oxygens (including phenoxy) is 1. The van der Waals surface area contributed by atoms with Crippen molar-refractivity contribution < 1.29 is 24.2 Å². The molecule has 1 radical (unpaired) electrons. The summed E-state index contributed by atoms with van der Waals surface area (Å²) in [6, 6.07) is 0. The molecular weight excluding hydrogens is 164 g/mol. The van der Waals surface area contributed by atoms with Gasteiger partial charge in [0.05, 0.1) is 12.3 Å². The Bertz CT molecular complexity index is 186. The van der Waals surface area contributed by atoms with E-state index in [-0.39, 0.29) is 18.9 Å². The standard InChI is InChI=1S/C7H9O5/c1-5(9)6(2-7(10)11)3-12-4-8/h2,4,6H,3H2,1H3,(H,10,11). The van der Waals surface area contributed by atoms with Crippen LogP contribution >= 0.6 is 0 Å². The Morgan fingerprint density at radius 1 is 1.58 bits per heavy atom. The average molecular weight is 173 g/mol. The molecule has 1 atom stereocenters. The van der Waals surface area contributed by atoms with Crippen molar-refractivity contribution >= 4 is 18.2 Å². The summed E-state index contributed by atoms with van der Waals surface area (Å²) in [5, 5.41) is 8.28. The molecule has 1 unspecified atom stereocenters. The van der Waals surface area contributed by atoms with Crippen molar-refractivity contribution in [2.45, 2.75) is 6.92 Å². The van der Waals surface area contributed by atoms with Crippen LogP contribution in [0, 0.1) is 12.3 Å². The van der Waals surface area contributed by atoms with Gasteiger partial charge in [-0.25, -0.2) is 0 Å². The van der Waals surface area contributed by atoms with Gasteiger partial charge >= 0.3 is 5.97 Å². The molecule has 0 amide bonds. The molecule has 0 bridgehead atoms. The second-order valence-electron chi connectivity index (χ2n) is 2.15. The zero-order valence-electron chi connectivity index (χ0n) is 6.52. The lowest BCUT2D eigenvalue weighted by molar-refractivity contribution is -0.138. The lowest BCUT2D eigenvalue weighted by Gasteiger charge is -2.07. The highest BCUT2D eigenvalue weighted by molar-refractivity contribution is 5.88. The Morgan fingerprint density at radius 2 is 2.17 bits per heavy atom. The Labute approximate surface area is 69.3 Å². The molecule has 0 saturated carbocycles. The van der Waals surface area contributed by atoms with Crippen molar-refractivity contribution in [2.24, 2.45) is 5.92 Å². The first kappa shape index (κ1) is 10.6. The van der Waals surface area contributed by atoms with E-state index in [4.69, 9.17) is 5.11 Å². The second kappa shape index (κ2) is 5.29. The number of carbonyl (C=O) groups is 3. The smallest absolute Gasteiger partial charge is 0.308 e. The Hall–Kier alpha value is -1.39. The molecule has 0 aromatic carbocycles. The van der Waals surface area contributed by atoms with Crippen LogP contribution in [0.15, 0.2) is 0 Å². The summed E-state index contributed by atoms with van der Waals surface area (Å²) in [5.74, 6) is -2.41. The summed E-state index contributed by atoms with van der Waals surface area (Å²) in [4.78, 5) is 30.5. The number of ketones is 1. The van der Waals surface area contributed by atoms with Gasteiger partial charge < -0.3 is 9.84 Å². The number of carboxylic acid groups (broad SMARTS) is 1. The fourth-order valence-electron chi connectivity index (χ4n) is 0.598. The molecule has 0 aliphatic carbocycles. The molecule has 5 heteroatoms. The first-order valence-electron chi connectivity index (χ1n) is 3.21. The second-order valence-corrected chi connectivity index (χ2v) is 2.15. The van der Waals surface area contributed by atoms with Crippen LogP contribution in [0.2, 0.25) is 0 Å². The van der Waals surface area contributed by atoms with Gasteiger partial charge in [-0.05, 0) is 6.92 Å². The normalized spacial score (nSPS) is 11.8. The predicted molar refractivity (Wildman–Crippen MR) is 38.1 cm³/mol. The van der Waals surface area contributed by atoms with Crippen LogP contribution in [0.25, 0.3) is 0 Å². The van der Waals surface area contributed by atoms with Gasteiger partial charge in [0.1, 0.15) is 12.4 Å². The van der Waals surface area contributed by atoms with E-state index < -0.39 is 11.9 Å². The minimum absolute atomic E-state index is 0.172. The molecule has 0 aromatic rings. The third kappa shape index (κ3) is 4.43. The van der Waals surface area contributed by atoms with Gasteiger partial charge in [0.25, 0.3) is 6.47 Å². The van der Waals surface area contributed by atoms with E-state index in [2.05, 4.69) is 4.74 Å². The van der Waals surface area contributed by atoms with Crippen LogP contribution in [-0.4, -0.2) is 29.9 Å². The van der Waals surface area contributed by atoms with E-state index in [0.29, 0.717) is 0 Å². The van der Waals surface area contributed by atoms with Crippen molar-refractivity contribution in [3.8, 4) is 0 Å². The van der Waals surface area contributed by atoms with Gasteiger partial charge in [-0.3, -0.25) is 14.4 Å². The van der Waals surface area contributed by atoms with Gasteiger partial charge in [-0.1, -0.05) is 0 Å². The molecule has 12 heavy (non-hydrogen) atoms. The number of hydrogen-bond donors (Lipinski definition) is 1. The van der Waals surface area contributed by atoms with Crippen LogP contribution in [0.3, 0.4) is 0 Å². The lowest BCUT2D eigenvalue weighted by Crippen LogP contribution is -2.21. The lowest BCUT2D eigenvalue weighted by atomic mass is 10.0. The van der Waals surface area contributed by atoms with Crippen molar-refractivity contribution in [1.29, 1.82) is 0 Å². The Morgan fingerprint density at radius 3 is 2.50 bits per heavy atom. The highest BCUT2D eigenvalue weighted by atomic mass is 16.5. The maximum absolute atomic E-state index is 10.7. The fourth-order valence-corrected chi connectivity index (χ4v) is 0.598. The molecule has 5 nitrogen and oxygen atoms in total. The van der Waals surface area contributed by atoms with Crippen molar-refractivity contribution in [3.63, 3.8) is 0 Å². The SMILES string of the molecule is CC(=O)C([CH]C(=O)O)COC=O. The molecule has 0 rings (SSSR count). The van der Waals surface area contributed by atoms with Gasteiger partial charge in [-0.15, -0.1) is 0 Å². The van der Waals surface area contributed by atoms with Crippen molar-refractivity contribution in [1.82, 2.24) is 0 Å². The predicted octanol–water partition coefficient (Wildman–Crippen LogP) is -0.347. The number of rotatable bonds is 6. The van der Waals surface area contributed by atoms with Crippen LogP contribution in [-0.2, 0) is 19.1 Å². The minimum Gasteiger partial charge on any atom is -0.481 e. The topological polar surface area (TPSA) is 80.7 Å². The van der Waals surface area contributed by atoms with Gasteiger partial charge in [0, 0.05) is 0 Å². The maximum atomic E-state index is 10.7. The third-order valence-corrected chi connectivity index (χ3v) is 1.21. The molecule has 0 spiro atoms. The van der Waals surface area contributed by atoms with Gasteiger partial charge in [0.15, 0.2) is 0 Å². The number of carbonyl (C=O) groups excluding carboxylic acids is 2. The summed E-state index contributed by atoms with van der Waals surface area (Å²) >= 11 is 0. The zero-order chi connectivity index (χ0) is 9.56. The third-order valence-electron chi connectivity index (χ3n) is 1.21. The van der Waals surface area contributed by atoms with Crippen LogP contribution in [0.1, 0.15) is 6.92 Å². The Kier molecular flexibility index (Phi) is 4.67. The molecule has 0 aromatic heterocycles. The molecule has 0 heterocycles. The molecular formula is C7H9O5. The highest BCUT2D eigenvalue weighted by Gasteiger charge is 2.18. The summed E-state index contributed by atoms with van der Waals surface area (Å²) in [6.07, 6.45) is 0.797. The van der Waals surface area contributed by atoms with E-state index in [0.717, 1.165) is 6.42 Å². The summed E-state index contributed by atoms with van der Waals surface area (Å²) in [5.41, 5.74) is 0. The molecule has 0 aliphatic heterocycles. The van der Waals surface area contributed by atoms with E-state index >= 15 is 0 Å². The van der Waals surface area contributed by atoms with Crippen LogP contribution in [0.4, 0.5) is 0 Å². The zero-order valence-corrected chi connectivity index (χ0v) is 6.52. The van der Waals surface area contributed by atoms with Gasteiger partial charge in [-0.2, -0.15) is 0 Å². The molecule has 0 fully saturated rings. The average Bonchev–Trinajstić information content (AvgIpc) is 1.96. The first-order chi connectivity index (χ1) is 5.57. The summed E-state index contributed by atoms with van der Waals surface area (Å²) < 4.78 is 4.26. The van der Waals surface area contributed by atoms with Crippen molar-refractivity contribution in [3.05, 3.63) is 6.42 Å². The van der Waals surface area contributed by atoms with E-state index in [1.165, 1.54) is 6.92 Å². The summed E-state index contributed by atoms with van der Waals surface area (Å²) in [6.45, 7) is 1.19. The number of hydrogen-bond acceptors (Lipinski definition) is 4. The van der Waals surface area contributed by atoms with Crippen LogP contribution < -0.4 is 0 Å². The monoisotopic (exact) mass is 173 g/mol. The Balaban J connectivity index is 3.94. The molecule has 0 saturated heterocycles. The highest BCUT2D eigenvalue weighted by Crippen LogP contribution is 2.03. The largest absolute Gasteiger partial charge is 0.481 e. The number of aliphatic carboxylic acids is 1. The van der Waals surface area contributed by atoms with E-state index in [9.17, 15) is 14.4 Å². The van der Waals surface area contributed by atoms with E-state index in [1.807, 2.05) is 0 Å². The maximum Gasteiger partial charge on any atom is 0.308 e. The minimum atomic E-state index is -1.20. The van der Waals surface area contributed by atoms with E-state index in [1.54, 1.807) is 0 Å². The number of carboxylic acids is 1.